The highest BCUT2D eigenvalue weighted by atomic mass is 16.5. The highest BCUT2D eigenvalue weighted by Crippen LogP contribution is 2.49. The van der Waals surface area contributed by atoms with Gasteiger partial charge in [0.2, 0.25) is 5.91 Å². The number of carbonyl (C=O) groups excluding carboxylic acids is 1. The minimum absolute atomic E-state index is 0.269. The number of aromatic nitrogens is 1. The van der Waals surface area contributed by atoms with Crippen molar-refractivity contribution < 1.29 is 9.53 Å². The Morgan fingerprint density at radius 1 is 1.18 bits per heavy atom. The number of nitrogens with one attached hydrogen (secondary N) is 1. The first-order chi connectivity index (χ1) is 16.0. The second-order valence-corrected chi connectivity index (χ2v) is 11.1. The van der Waals surface area contributed by atoms with Crippen molar-refractivity contribution in [3.8, 4) is 17.0 Å². The van der Waals surface area contributed by atoms with Gasteiger partial charge in [-0.15, -0.1) is 0 Å². The molecule has 5 heteroatoms. The van der Waals surface area contributed by atoms with E-state index in [1.54, 1.807) is 5.56 Å². The third-order valence-electron chi connectivity index (χ3n) is 8.25. The van der Waals surface area contributed by atoms with E-state index in [9.17, 15) is 4.79 Å². The van der Waals surface area contributed by atoms with E-state index in [2.05, 4.69) is 42.9 Å². The number of rotatable bonds is 7. The average Bonchev–Trinajstić information content (AvgIpc) is 3.52. The van der Waals surface area contributed by atoms with Gasteiger partial charge in [0.05, 0.1) is 12.6 Å². The van der Waals surface area contributed by atoms with Crippen LogP contribution in [0.2, 0.25) is 0 Å². The van der Waals surface area contributed by atoms with Gasteiger partial charge in [0.25, 0.3) is 0 Å². The van der Waals surface area contributed by atoms with E-state index in [-0.39, 0.29) is 6.10 Å². The number of amides is 1. The van der Waals surface area contributed by atoms with Gasteiger partial charge in [-0.3, -0.25) is 9.69 Å². The van der Waals surface area contributed by atoms with Crippen LogP contribution in [0.15, 0.2) is 18.3 Å². The van der Waals surface area contributed by atoms with Gasteiger partial charge in [-0.2, -0.15) is 0 Å². The molecule has 2 fully saturated rings. The third kappa shape index (κ3) is 4.80. The number of aryl methyl sites for hydroxylation is 1. The Hall–Kier alpha value is -2.01. The molecule has 0 radical (unpaired) electrons. The van der Waals surface area contributed by atoms with Crippen molar-refractivity contribution >= 4 is 5.91 Å². The summed E-state index contributed by atoms with van der Waals surface area (Å²) in [6, 6.07) is 4.99. The molecule has 1 saturated heterocycles. The lowest BCUT2D eigenvalue weighted by Crippen LogP contribution is -2.44. The number of ether oxygens (including phenoxy) is 1. The Morgan fingerprint density at radius 3 is 2.67 bits per heavy atom. The smallest absolute Gasteiger partial charge is 0.236 e. The highest BCUT2D eigenvalue weighted by molar-refractivity contribution is 5.79. The van der Waals surface area contributed by atoms with Crippen molar-refractivity contribution in [2.24, 2.45) is 5.92 Å². The van der Waals surface area contributed by atoms with Crippen LogP contribution in [0.5, 0.6) is 5.75 Å². The molecular formula is C28H41N3O2. The Balaban J connectivity index is 1.21. The zero-order valence-electron chi connectivity index (χ0n) is 20.7. The van der Waals surface area contributed by atoms with Gasteiger partial charge in [0, 0.05) is 36.6 Å². The number of nitrogens with zero attached hydrogens (tertiary/aromatic N) is 2. The summed E-state index contributed by atoms with van der Waals surface area (Å²) in [6.07, 6.45) is 12.7. The molecular weight excluding hydrogens is 410 g/mol. The summed E-state index contributed by atoms with van der Waals surface area (Å²) in [5, 5.41) is 0. The molecule has 5 aliphatic rings. The summed E-state index contributed by atoms with van der Waals surface area (Å²) in [4.78, 5) is 20.3. The molecule has 0 unspecified atom stereocenters. The molecule has 180 valence electrons. The summed E-state index contributed by atoms with van der Waals surface area (Å²) in [7, 11) is 2.12. The number of likely N-dealkylation sites (N-methyl/N-ethyl adjacent to an activating group) is 1. The molecule has 2 heterocycles. The Bertz CT molecular complexity index is 921. The molecule has 1 N–H and O–H groups in total. The second-order valence-electron chi connectivity index (χ2n) is 11.1. The fraction of sp³-hybridized carbons (Fsp3) is 0.679. The number of hydrogen-bond acceptors (Lipinski definition) is 3. The molecule has 2 aliphatic heterocycles. The van der Waals surface area contributed by atoms with E-state index in [1.165, 1.54) is 36.1 Å². The molecule has 0 aromatic carbocycles. The maximum Gasteiger partial charge on any atom is 0.236 e. The standard InChI is InChI=1S/C28H41N3O2/c1-19(2)16-20-6-7-21-17-24-28(27(20)21)25(12-13-29-24)33-23-10-8-22(9-11-23)30(3)18-26(32)31-14-4-5-15-31/h12-13,17,19-20,22-23,29H,4-11,14-16,18H2,1-3H3/t20-,22?,23?/m1/s1. The lowest BCUT2D eigenvalue weighted by molar-refractivity contribution is -0.131. The van der Waals surface area contributed by atoms with Gasteiger partial charge in [-0.05, 0) is 99.9 Å². The van der Waals surface area contributed by atoms with Crippen LogP contribution >= 0.6 is 0 Å². The number of pyridine rings is 1. The number of H-pyrrole nitrogens is 1. The maximum atomic E-state index is 12.5. The summed E-state index contributed by atoms with van der Waals surface area (Å²) in [5.74, 6) is 2.75. The van der Waals surface area contributed by atoms with Crippen molar-refractivity contribution in [3.05, 3.63) is 29.5 Å². The van der Waals surface area contributed by atoms with Gasteiger partial charge < -0.3 is 14.6 Å². The topological polar surface area (TPSA) is 48.6 Å². The Labute approximate surface area is 199 Å². The van der Waals surface area contributed by atoms with Crippen molar-refractivity contribution in [1.82, 2.24) is 14.8 Å². The first-order valence-corrected chi connectivity index (χ1v) is 13.3. The zero-order valence-corrected chi connectivity index (χ0v) is 20.7. The monoisotopic (exact) mass is 451 g/mol. The molecule has 0 aromatic heterocycles. The zero-order chi connectivity index (χ0) is 22.9. The molecule has 33 heavy (non-hydrogen) atoms. The van der Waals surface area contributed by atoms with Gasteiger partial charge in [0.15, 0.2) is 0 Å². The van der Waals surface area contributed by atoms with E-state index < -0.39 is 0 Å². The minimum Gasteiger partial charge on any atom is -0.490 e. The molecule has 5 rings (SSSR count). The van der Waals surface area contributed by atoms with Crippen LogP contribution in [0, 0.1) is 5.92 Å². The van der Waals surface area contributed by atoms with Crippen LogP contribution in [0.3, 0.4) is 0 Å². The fourth-order valence-corrected chi connectivity index (χ4v) is 6.54. The highest BCUT2D eigenvalue weighted by Gasteiger charge is 2.33. The molecule has 0 aromatic rings. The van der Waals surface area contributed by atoms with Crippen molar-refractivity contribution in [1.29, 1.82) is 0 Å². The fourth-order valence-electron chi connectivity index (χ4n) is 6.54. The number of fused-ring (bicyclic) bond motifs is 3. The summed E-state index contributed by atoms with van der Waals surface area (Å²) in [5.41, 5.74) is 5.65. The predicted molar refractivity (Wildman–Crippen MR) is 133 cm³/mol. The van der Waals surface area contributed by atoms with Gasteiger partial charge in [-0.25, -0.2) is 0 Å². The van der Waals surface area contributed by atoms with Crippen LogP contribution in [-0.4, -0.2) is 59.5 Å². The van der Waals surface area contributed by atoms with E-state index in [4.69, 9.17) is 4.74 Å². The largest absolute Gasteiger partial charge is 0.490 e. The summed E-state index contributed by atoms with van der Waals surface area (Å²) < 4.78 is 6.68. The first-order valence-electron chi connectivity index (χ1n) is 13.3. The van der Waals surface area contributed by atoms with E-state index in [0.717, 1.165) is 57.4 Å². The van der Waals surface area contributed by atoms with Crippen molar-refractivity contribution in [2.75, 3.05) is 26.7 Å². The van der Waals surface area contributed by atoms with Crippen molar-refractivity contribution in [2.45, 2.75) is 89.7 Å². The SMILES string of the molecule is CC(C)C[C@H]1CCc2cc3[nH]ccc(OC4CCC(N(C)CC(=O)N5CCCC5)CC4)c-3c21. The van der Waals surface area contributed by atoms with Crippen LogP contribution in [0.25, 0.3) is 11.3 Å². The van der Waals surface area contributed by atoms with Crippen LogP contribution < -0.4 is 4.74 Å². The Morgan fingerprint density at radius 2 is 1.94 bits per heavy atom. The van der Waals surface area contributed by atoms with Gasteiger partial charge in [0.1, 0.15) is 5.75 Å². The molecule has 1 saturated carbocycles. The van der Waals surface area contributed by atoms with Gasteiger partial charge in [-0.1, -0.05) is 13.8 Å². The number of carbonyl (C=O) groups is 1. The average molecular weight is 452 g/mol. The predicted octanol–water partition coefficient (Wildman–Crippen LogP) is 5.44. The number of hydrogen-bond donors (Lipinski definition) is 1. The minimum atomic E-state index is 0.269. The third-order valence-corrected chi connectivity index (χ3v) is 8.25. The normalized spacial score (nSPS) is 25.4. The lowest BCUT2D eigenvalue weighted by Gasteiger charge is -2.35. The van der Waals surface area contributed by atoms with Crippen LogP contribution in [0.1, 0.15) is 82.3 Å². The molecule has 1 atom stereocenters. The van der Waals surface area contributed by atoms with Gasteiger partial charge >= 0.3 is 0 Å². The van der Waals surface area contributed by atoms with Crippen LogP contribution in [0.4, 0.5) is 0 Å². The molecule has 5 nitrogen and oxygen atoms in total. The summed E-state index contributed by atoms with van der Waals surface area (Å²) in [6.45, 7) is 7.11. The van der Waals surface area contributed by atoms with E-state index in [1.807, 2.05) is 11.1 Å². The van der Waals surface area contributed by atoms with Crippen LogP contribution in [-0.2, 0) is 11.2 Å². The van der Waals surface area contributed by atoms with E-state index in [0.29, 0.717) is 30.3 Å². The molecule has 3 aliphatic carbocycles. The number of aromatic amines is 1. The quantitative estimate of drug-likeness (QED) is 0.610. The molecule has 0 spiro atoms. The maximum absolute atomic E-state index is 12.5. The van der Waals surface area contributed by atoms with E-state index >= 15 is 0 Å². The lowest BCUT2D eigenvalue weighted by atomic mass is 9.89. The summed E-state index contributed by atoms with van der Waals surface area (Å²) >= 11 is 0. The number of likely N-dealkylation sites (tertiary alicyclic amines) is 1. The second kappa shape index (κ2) is 9.69. The molecule has 0 bridgehead atoms. The van der Waals surface area contributed by atoms with Crippen molar-refractivity contribution in [3.63, 3.8) is 0 Å². The first kappa shape index (κ1) is 22.8. The Kier molecular flexibility index (Phi) is 6.69. The molecule has 1 amide bonds.